The van der Waals surface area contributed by atoms with E-state index in [9.17, 15) is 4.80 Å². The van der Waals surface area contributed by atoms with E-state index < -0.39 is 8.32 Å². The molecule has 0 radical (unpaired) electrons. The van der Waals surface area contributed by atoms with E-state index in [1.165, 1.54) is 0 Å². The lowest BCUT2D eigenvalue weighted by Gasteiger charge is -2.37. The number of hydrogen-bond acceptors (Lipinski definition) is 2. The largest absolute Gasteiger partial charge is 0.432 e. The monoisotopic (exact) mass is 324 g/mol. The Morgan fingerprint density at radius 1 is 1.38 bits per heavy atom. The highest BCUT2D eigenvalue weighted by atomic mass is 35.5. The molecule has 1 heterocycles. The third-order valence-electron chi connectivity index (χ3n) is 4.53. The first-order chi connectivity index (χ1) is 9.58. The Bertz CT molecular complexity index is 631. The Balaban J connectivity index is 2.09. The molecule has 1 aromatic carbocycles. The van der Waals surface area contributed by atoms with Crippen LogP contribution in [-0.2, 0) is 6.54 Å². The van der Waals surface area contributed by atoms with Crippen LogP contribution in [0.4, 0.5) is 0 Å². The quantitative estimate of drug-likeness (QED) is 0.810. The van der Waals surface area contributed by atoms with Gasteiger partial charge in [-0.05, 0) is 48.7 Å². The number of nitrogens with zero attached hydrogens (tertiary/aromatic N) is 2. The average Bonchev–Trinajstić information content (AvgIpc) is 2.67. The highest BCUT2D eigenvalue weighted by molar-refractivity contribution is 6.72. The van der Waals surface area contributed by atoms with Gasteiger partial charge in [-0.25, -0.2) is 0 Å². The zero-order chi connectivity index (χ0) is 15.8. The van der Waals surface area contributed by atoms with Gasteiger partial charge >= 0.3 is 0 Å². The molecular formula is C16H25ClN2OSi. The molecule has 1 N–H and O–H groups in total. The highest BCUT2D eigenvalue weighted by Gasteiger charge is 2.38. The summed E-state index contributed by atoms with van der Waals surface area (Å²) in [5, 5.41) is 6.42. The van der Waals surface area contributed by atoms with E-state index in [4.69, 9.17) is 11.6 Å². The first-order valence-corrected chi connectivity index (χ1v) is 10.8. The van der Waals surface area contributed by atoms with Gasteiger partial charge in [-0.1, -0.05) is 32.4 Å². The number of halogens is 1. The van der Waals surface area contributed by atoms with Gasteiger partial charge in [-0.15, -0.1) is 0 Å². The summed E-state index contributed by atoms with van der Waals surface area (Å²) in [7, 11) is -2.15. The van der Waals surface area contributed by atoms with Gasteiger partial charge in [-0.2, -0.15) is 5.10 Å². The fraction of sp³-hybridized carbons (Fsp3) is 0.562. The van der Waals surface area contributed by atoms with Gasteiger partial charge in [0.25, 0.3) is 0 Å². The minimum Gasteiger partial charge on any atom is -0.432 e. The molecule has 2 rings (SSSR count). The Labute approximate surface area is 133 Å². The maximum atomic E-state index is 10.4. The van der Waals surface area contributed by atoms with Crippen molar-refractivity contribution in [2.24, 2.45) is 5.92 Å². The molecule has 2 aromatic rings. The summed E-state index contributed by atoms with van der Waals surface area (Å²) >= 11 is 6.00. The zero-order valence-corrected chi connectivity index (χ0v) is 15.3. The molecule has 5 heteroatoms. The van der Waals surface area contributed by atoms with Crippen LogP contribution in [0.15, 0.2) is 24.4 Å². The molecule has 1 unspecified atom stereocenters. The van der Waals surface area contributed by atoms with Crippen LogP contribution in [0.5, 0.6) is 0 Å². The van der Waals surface area contributed by atoms with E-state index in [0.717, 1.165) is 28.9 Å². The van der Waals surface area contributed by atoms with Crippen molar-refractivity contribution >= 4 is 30.8 Å². The molecule has 0 aliphatic heterocycles. The van der Waals surface area contributed by atoms with Crippen LogP contribution in [0.1, 0.15) is 27.2 Å². The van der Waals surface area contributed by atoms with Crippen molar-refractivity contribution < 1.29 is 4.80 Å². The molecule has 0 saturated carbocycles. The Morgan fingerprint density at radius 3 is 2.67 bits per heavy atom. The summed E-state index contributed by atoms with van der Waals surface area (Å²) in [6.07, 6.45) is 3.07. The second kappa shape index (κ2) is 5.74. The predicted molar refractivity (Wildman–Crippen MR) is 92.3 cm³/mol. The molecule has 0 aliphatic carbocycles. The maximum Gasteiger partial charge on any atom is 0.188 e. The number of rotatable bonds is 5. The molecule has 1 atom stereocenters. The van der Waals surface area contributed by atoms with Crippen molar-refractivity contribution in [3.8, 4) is 0 Å². The highest BCUT2D eigenvalue weighted by Crippen LogP contribution is 2.41. The molecule has 0 fully saturated rings. The summed E-state index contributed by atoms with van der Waals surface area (Å²) in [6, 6.07) is 5.79. The second-order valence-corrected chi connectivity index (χ2v) is 12.2. The van der Waals surface area contributed by atoms with Crippen molar-refractivity contribution in [3.05, 3.63) is 29.4 Å². The van der Waals surface area contributed by atoms with Crippen LogP contribution in [0, 0.1) is 5.92 Å². The fourth-order valence-corrected chi connectivity index (χ4v) is 3.65. The van der Waals surface area contributed by atoms with Crippen molar-refractivity contribution in [2.75, 3.05) is 0 Å². The number of fused-ring (bicyclic) bond motifs is 1. The number of benzene rings is 1. The zero-order valence-electron chi connectivity index (χ0n) is 13.5. The molecule has 0 saturated heterocycles. The van der Waals surface area contributed by atoms with Crippen LogP contribution >= 0.6 is 11.6 Å². The van der Waals surface area contributed by atoms with E-state index in [1.807, 2.05) is 36.0 Å². The van der Waals surface area contributed by atoms with Crippen LogP contribution in [-0.4, -0.2) is 22.9 Å². The third kappa shape index (κ3) is 3.87. The van der Waals surface area contributed by atoms with Crippen molar-refractivity contribution in [1.82, 2.24) is 9.78 Å². The van der Waals surface area contributed by atoms with E-state index in [1.54, 1.807) is 0 Å². The average molecular weight is 325 g/mol. The van der Waals surface area contributed by atoms with Crippen LogP contribution in [0.2, 0.25) is 23.2 Å². The van der Waals surface area contributed by atoms with E-state index in [2.05, 4.69) is 32.1 Å². The summed E-state index contributed by atoms with van der Waals surface area (Å²) in [5.74, 6) is 0.462. The number of hydrogen-bond donors (Lipinski definition) is 1. The topological polar surface area (TPSA) is 38.0 Å². The minimum atomic E-state index is -2.15. The van der Waals surface area contributed by atoms with Crippen molar-refractivity contribution in [2.45, 2.75) is 51.9 Å². The molecule has 0 bridgehead atoms. The normalized spacial score (nSPS) is 14.6. The molecule has 21 heavy (non-hydrogen) atoms. The standard InChI is InChI=1S/C16H25ClN2OSi/c1-12(9-16(2,3)21(4,5)20)10-19-11-13-6-7-14(17)8-15(13)18-19/h6-8,11-12,20H,9-10H2,1-5H3. The second-order valence-electron chi connectivity index (χ2n) is 7.31. The lowest BCUT2D eigenvalue weighted by Crippen LogP contribution is -2.40. The SMILES string of the molecule is CC(Cn1cc2ccc(Cl)cc2n1)CC(C)(C)[Si](C)(C)O. The van der Waals surface area contributed by atoms with Crippen LogP contribution in [0.3, 0.4) is 0 Å². The number of aromatic nitrogens is 2. The van der Waals surface area contributed by atoms with Gasteiger partial charge in [0.15, 0.2) is 8.32 Å². The van der Waals surface area contributed by atoms with Crippen LogP contribution < -0.4 is 0 Å². The Hall–Kier alpha value is -0.843. The first kappa shape index (κ1) is 16.5. The first-order valence-electron chi connectivity index (χ1n) is 7.43. The lowest BCUT2D eigenvalue weighted by molar-refractivity contribution is 0.351. The van der Waals surface area contributed by atoms with Gasteiger partial charge in [-0.3, -0.25) is 4.68 Å². The van der Waals surface area contributed by atoms with Gasteiger partial charge < -0.3 is 4.80 Å². The fourth-order valence-electron chi connectivity index (χ4n) is 2.64. The summed E-state index contributed by atoms with van der Waals surface area (Å²) in [6.45, 7) is 11.5. The van der Waals surface area contributed by atoms with E-state index in [0.29, 0.717) is 5.92 Å². The van der Waals surface area contributed by atoms with Gasteiger partial charge in [0.2, 0.25) is 0 Å². The van der Waals surface area contributed by atoms with E-state index in [-0.39, 0.29) is 5.04 Å². The molecule has 0 aliphatic rings. The van der Waals surface area contributed by atoms with Gasteiger partial charge in [0.1, 0.15) is 0 Å². The molecule has 3 nitrogen and oxygen atoms in total. The molecule has 116 valence electrons. The molecule has 1 aromatic heterocycles. The summed E-state index contributed by atoms with van der Waals surface area (Å²) in [4.78, 5) is 10.4. The summed E-state index contributed by atoms with van der Waals surface area (Å²) < 4.78 is 1.99. The molecule has 0 spiro atoms. The maximum absolute atomic E-state index is 10.4. The Morgan fingerprint density at radius 2 is 2.05 bits per heavy atom. The van der Waals surface area contributed by atoms with Crippen molar-refractivity contribution in [1.29, 1.82) is 0 Å². The van der Waals surface area contributed by atoms with Crippen LogP contribution in [0.25, 0.3) is 10.9 Å². The predicted octanol–water partition coefficient (Wildman–Crippen LogP) is 4.69. The van der Waals surface area contributed by atoms with E-state index >= 15 is 0 Å². The summed E-state index contributed by atoms with van der Waals surface area (Å²) in [5.41, 5.74) is 0.936. The molecule has 0 amide bonds. The minimum absolute atomic E-state index is 0.00228. The Kier molecular flexibility index (Phi) is 4.52. The smallest absolute Gasteiger partial charge is 0.188 e. The molecular weight excluding hydrogens is 300 g/mol. The van der Waals surface area contributed by atoms with Gasteiger partial charge in [0.05, 0.1) is 5.52 Å². The van der Waals surface area contributed by atoms with Crippen molar-refractivity contribution in [3.63, 3.8) is 0 Å². The third-order valence-corrected chi connectivity index (χ3v) is 8.28. The lowest BCUT2D eigenvalue weighted by atomic mass is 9.98. The van der Waals surface area contributed by atoms with Gasteiger partial charge in [0, 0.05) is 23.2 Å².